The van der Waals surface area contributed by atoms with Gasteiger partial charge in [0.25, 0.3) is 0 Å². The normalized spacial score (nSPS) is 17.7. The van der Waals surface area contributed by atoms with Crippen LogP contribution in [0, 0.1) is 0 Å². The van der Waals surface area contributed by atoms with Gasteiger partial charge in [-0.2, -0.15) is 0 Å². The van der Waals surface area contributed by atoms with Crippen molar-refractivity contribution in [2.24, 2.45) is 5.73 Å². The molecule has 0 amide bonds. The molecular formula is C15H20N4. The van der Waals surface area contributed by atoms with Gasteiger partial charge in [0.15, 0.2) is 0 Å². The highest BCUT2D eigenvalue weighted by molar-refractivity contribution is 5.32. The number of likely N-dealkylation sites (tertiary alicyclic amines) is 1. The number of hydrogen-bond acceptors (Lipinski definition) is 3. The van der Waals surface area contributed by atoms with Crippen LogP contribution in [0.5, 0.6) is 0 Å². The van der Waals surface area contributed by atoms with Crippen molar-refractivity contribution in [3.05, 3.63) is 48.5 Å². The number of pyridine rings is 1. The molecule has 0 atom stereocenters. The zero-order valence-corrected chi connectivity index (χ0v) is 11.1. The van der Waals surface area contributed by atoms with Gasteiger partial charge in [0, 0.05) is 55.6 Å². The third kappa shape index (κ3) is 2.85. The molecule has 0 saturated carbocycles. The van der Waals surface area contributed by atoms with Gasteiger partial charge in [-0.05, 0) is 37.1 Å². The zero-order valence-electron chi connectivity index (χ0n) is 11.1. The highest BCUT2D eigenvalue weighted by Gasteiger charge is 2.17. The fourth-order valence-electron chi connectivity index (χ4n) is 2.64. The van der Waals surface area contributed by atoms with Gasteiger partial charge in [0.05, 0.1) is 0 Å². The van der Waals surface area contributed by atoms with E-state index in [9.17, 15) is 0 Å². The van der Waals surface area contributed by atoms with E-state index in [-0.39, 0.29) is 0 Å². The third-order valence-corrected chi connectivity index (χ3v) is 3.79. The minimum Gasteiger partial charge on any atom is -0.328 e. The molecule has 4 nitrogen and oxygen atoms in total. The van der Waals surface area contributed by atoms with Gasteiger partial charge in [-0.1, -0.05) is 0 Å². The smallest absolute Gasteiger partial charge is 0.0483 e. The highest BCUT2D eigenvalue weighted by Crippen LogP contribution is 2.16. The quantitative estimate of drug-likeness (QED) is 0.911. The molecule has 2 N–H and O–H groups in total. The standard InChI is InChI=1S/C15H20N4/c16-13-5-10-18(11-6-13)12-15-2-1-9-19(15)14-3-7-17-8-4-14/h1-4,7-9,13H,5-6,10-12,16H2. The van der Waals surface area contributed by atoms with Gasteiger partial charge in [-0.3, -0.25) is 9.88 Å². The third-order valence-electron chi connectivity index (χ3n) is 3.79. The summed E-state index contributed by atoms with van der Waals surface area (Å²) in [5, 5.41) is 0. The molecule has 0 aromatic carbocycles. The molecule has 4 heteroatoms. The molecular weight excluding hydrogens is 236 g/mol. The Balaban J connectivity index is 1.74. The Kier molecular flexibility index (Phi) is 3.62. The van der Waals surface area contributed by atoms with E-state index in [1.54, 1.807) is 0 Å². The van der Waals surface area contributed by atoms with Crippen molar-refractivity contribution in [1.29, 1.82) is 0 Å². The van der Waals surface area contributed by atoms with Crippen LogP contribution in [-0.2, 0) is 6.54 Å². The lowest BCUT2D eigenvalue weighted by atomic mass is 10.1. The maximum absolute atomic E-state index is 5.95. The summed E-state index contributed by atoms with van der Waals surface area (Å²) in [6.45, 7) is 3.19. The first-order valence-corrected chi connectivity index (χ1v) is 6.87. The Bertz CT molecular complexity index is 512. The molecule has 1 fully saturated rings. The minimum absolute atomic E-state index is 0.392. The Morgan fingerprint density at radius 3 is 2.63 bits per heavy atom. The van der Waals surface area contributed by atoms with Crippen molar-refractivity contribution >= 4 is 0 Å². The number of nitrogens with two attached hydrogens (primary N) is 1. The van der Waals surface area contributed by atoms with E-state index in [4.69, 9.17) is 5.73 Å². The number of aromatic nitrogens is 2. The summed E-state index contributed by atoms with van der Waals surface area (Å²) in [4.78, 5) is 6.55. The number of piperidine rings is 1. The molecule has 0 bridgehead atoms. The molecule has 2 aromatic rings. The Hall–Kier alpha value is -1.65. The van der Waals surface area contributed by atoms with Crippen molar-refractivity contribution < 1.29 is 0 Å². The molecule has 1 aliphatic rings. The first-order valence-electron chi connectivity index (χ1n) is 6.87. The molecule has 3 rings (SSSR count). The summed E-state index contributed by atoms with van der Waals surface area (Å²) < 4.78 is 2.23. The van der Waals surface area contributed by atoms with Crippen LogP contribution < -0.4 is 5.73 Å². The highest BCUT2D eigenvalue weighted by atomic mass is 15.2. The van der Waals surface area contributed by atoms with E-state index in [2.05, 4.69) is 32.8 Å². The second kappa shape index (κ2) is 5.55. The average molecular weight is 256 g/mol. The topological polar surface area (TPSA) is 47.1 Å². The molecule has 0 unspecified atom stereocenters. The van der Waals surface area contributed by atoms with E-state index in [0.29, 0.717) is 6.04 Å². The van der Waals surface area contributed by atoms with E-state index >= 15 is 0 Å². The van der Waals surface area contributed by atoms with E-state index in [1.807, 2.05) is 24.5 Å². The molecule has 1 saturated heterocycles. The molecule has 3 heterocycles. The molecule has 0 aliphatic carbocycles. The van der Waals surface area contributed by atoms with Crippen LogP contribution in [0.2, 0.25) is 0 Å². The lowest BCUT2D eigenvalue weighted by molar-refractivity contribution is 0.202. The van der Waals surface area contributed by atoms with Gasteiger partial charge in [-0.25, -0.2) is 0 Å². The summed E-state index contributed by atoms with van der Waals surface area (Å²) in [7, 11) is 0. The van der Waals surface area contributed by atoms with Crippen LogP contribution in [0.15, 0.2) is 42.9 Å². The van der Waals surface area contributed by atoms with E-state index in [1.165, 1.54) is 11.4 Å². The number of rotatable bonds is 3. The molecule has 0 radical (unpaired) electrons. The second-order valence-electron chi connectivity index (χ2n) is 5.19. The fourth-order valence-corrected chi connectivity index (χ4v) is 2.64. The SMILES string of the molecule is NC1CCN(Cc2cccn2-c2ccncc2)CC1. The Morgan fingerprint density at radius 1 is 1.16 bits per heavy atom. The maximum atomic E-state index is 5.95. The van der Waals surface area contributed by atoms with Gasteiger partial charge >= 0.3 is 0 Å². The van der Waals surface area contributed by atoms with Crippen molar-refractivity contribution in [3.8, 4) is 5.69 Å². The number of hydrogen-bond donors (Lipinski definition) is 1. The van der Waals surface area contributed by atoms with Crippen LogP contribution in [0.25, 0.3) is 5.69 Å². The monoisotopic (exact) mass is 256 g/mol. The Morgan fingerprint density at radius 2 is 1.89 bits per heavy atom. The van der Waals surface area contributed by atoms with E-state index < -0.39 is 0 Å². The maximum Gasteiger partial charge on any atom is 0.0483 e. The van der Waals surface area contributed by atoms with Crippen LogP contribution in [-0.4, -0.2) is 33.6 Å². The predicted molar refractivity (Wildman–Crippen MR) is 76.1 cm³/mol. The summed E-state index contributed by atoms with van der Waals surface area (Å²) >= 11 is 0. The average Bonchev–Trinajstić information content (AvgIpc) is 2.90. The molecule has 19 heavy (non-hydrogen) atoms. The molecule has 2 aromatic heterocycles. The zero-order chi connectivity index (χ0) is 13.1. The fraction of sp³-hybridized carbons (Fsp3) is 0.400. The van der Waals surface area contributed by atoms with Crippen LogP contribution in [0.1, 0.15) is 18.5 Å². The van der Waals surface area contributed by atoms with Gasteiger partial charge in [-0.15, -0.1) is 0 Å². The van der Waals surface area contributed by atoms with E-state index in [0.717, 1.165) is 32.5 Å². The minimum atomic E-state index is 0.392. The van der Waals surface area contributed by atoms with Crippen LogP contribution in [0.4, 0.5) is 0 Å². The second-order valence-corrected chi connectivity index (χ2v) is 5.19. The molecule has 0 spiro atoms. The lowest BCUT2D eigenvalue weighted by Crippen LogP contribution is -2.39. The molecule has 100 valence electrons. The van der Waals surface area contributed by atoms with Gasteiger partial charge in [0.1, 0.15) is 0 Å². The van der Waals surface area contributed by atoms with Crippen molar-refractivity contribution in [2.75, 3.05) is 13.1 Å². The number of nitrogens with zero attached hydrogens (tertiary/aromatic N) is 3. The van der Waals surface area contributed by atoms with Gasteiger partial charge < -0.3 is 10.3 Å². The van der Waals surface area contributed by atoms with Crippen LogP contribution in [0.3, 0.4) is 0 Å². The first-order chi connectivity index (χ1) is 9.33. The van der Waals surface area contributed by atoms with Crippen LogP contribution >= 0.6 is 0 Å². The lowest BCUT2D eigenvalue weighted by Gasteiger charge is -2.30. The summed E-state index contributed by atoms with van der Waals surface area (Å²) in [5.74, 6) is 0. The van der Waals surface area contributed by atoms with Crippen molar-refractivity contribution in [1.82, 2.24) is 14.5 Å². The Labute approximate surface area is 113 Å². The predicted octanol–water partition coefficient (Wildman–Crippen LogP) is 1.80. The van der Waals surface area contributed by atoms with Gasteiger partial charge in [0.2, 0.25) is 0 Å². The van der Waals surface area contributed by atoms with Crippen molar-refractivity contribution in [3.63, 3.8) is 0 Å². The largest absolute Gasteiger partial charge is 0.328 e. The van der Waals surface area contributed by atoms with Crippen molar-refractivity contribution in [2.45, 2.75) is 25.4 Å². The summed E-state index contributed by atoms with van der Waals surface area (Å²) in [6.07, 6.45) is 7.99. The summed E-state index contributed by atoms with van der Waals surface area (Å²) in [6, 6.07) is 8.76. The summed E-state index contributed by atoms with van der Waals surface area (Å²) in [5.41, 5.74) is 8.44. The first kappa shape index (κ1) is 12.4. The molecule has 1 aliphatic heterocycles.